The van der Waals surface area contributed by atoms with Crippen LogP contribution in [0.5, 0.6) is 0 Å². The van der Waals surface area contributed by atoms with E-state index >= 15 is 0 Å². The van der Waals surface area contributed by atoms with Crippen LogP contribution in [0.15, 0.2) is 18.5 Å². The SMILES string of the molecule is Cc1nc(N(C)C2CN(c3ccc4nncn4n3)C2)sc1C. The second kappa shape index (κ2) is 4.91. The van der Waals surface area contributed by atoms with Crippen LogP contribution in [-0.2, 0) is 0 Å². The average molecular weight is 315 g/mol. The number of anilines is 2. The van der Waals surface area contributed by atoms with Crippen molar-refractivity contribution in [3.63, 3.8) is 0 Å². The second-order valence-corrected chi connectivity index (χ2v) is 6.81. The van der Waals surface area contributed by atoms with Gasteiger partial charge in [-0.3, -0.25) is 0 Å². The zero-order valence-electron chi connectivity index (χ0n) is 12.8. The first-order valence-electron chi connectivity index (χ1n) is 7.20. The minimum atomic E-state index is 0.475. The van der Waals surface area contributed by atoms with E-state index in [-0.39, 0.29) is 0 Å². The standard InChI is InChI=1S/C14H17N7S/c1-9-10(2)22-14(16-9)19(3)11-6-20(7-11)13-5-4-12-17-15-8-21(12)18-13/h4-5,8,11H,6-7H2,1-3H3. The molecule has 114 valence electrons. The maximum absolute atomic E-state index is 4.63. The molecule has 3 aromatic rings. The number of nitrogens with zero attached hydrogens (tertiary/aromatic N) is 7. The highest BCUT2D eigenvalue weighted by Gasteiger charge is 2.32. The first-order chi connectivity index (χ1) is 10.6. The highest BCUT2D eigenvalue weighted by Crippen LogP contribution is 2.29. The molecule has 1 aliphatic heterocycles. The van der Waals surface area contributed by atoms with Crippen molar-refractivity contribution in [3.05, 3.63) is 29.0 Å². The number of aromatic nitrogens is 5. The summed E-state index contributed by atoms with van der Waals surface area (Å²) in [6, 6.07) is 4.42. The van der Waals surface area contributed by atoms with Crippen molar-refractivity contribution in [2.45, 2.75) is 19.9 Å². The first-order valence-corrected chi connectivity index (χ1v) is 8.02. The topological polar surface area (TPSA) is 62.5 Å². The number of hydrogen-bond donors (Lipinski definition) is 0. The van der Waals surface area contributed by atoms with Gasteiger partial charge in [0.1, 0.15) is 12.1 Å². The molecule has 0 aromatic carbocycles. The van der Waals surface area contributed by atoms with E-state index in [0.29, 0.717) is 6.04 Å². The smallest absolute Gasteiger partial charge is 0.185 e. The lowest BCUT2D eigenvalue weighted by molar-refractivity contribution is 0.489. The van der Waals surface area contributed by atoms with Gasteiger partial charge in [0.15, 0.2) is 10.8 Å². The highest BCUT2D eigenvalue weighted by molar-refractivity contribution is 7.15. The van der Waals surface area contributed by atoms with Crippen molar-refractivity contribution in [1.82, 2.24) is 24.8 Å². The number of aryl methyl sites for hydroxylation is 2. The molecule has 0 radical (unpaired) electrons. The predicted molar refractivity (Wildman–Crippen MR) is 86.8 cm³/mol. The molecule has 7 nitrogen and oxygen atoms in total. The van der Waals surface area contributed by atoms with Crippen LogP contribution < -0.4 is 9.80 Å². The number of hydrogen-bond acceptors (Lipinski definition) is 7. The Labute approximate surface area is 132 Å². The van der Waals surface area contributed by atoms with Gasteiger partial charge in [0.25, 0.3) is 0 Å². The fourth-order valence-electron chi connectivity index (χ4n) is 2.54. The molecule has 0 atom stereocenters. The van der Waals surface area contributed by atoms with E-state index < -0.39 is 0 Å². The van der Waals surface area contributed by atoms with Crippen LogP contribution in [0.25, 0.3) is 5.65 Å². The van der Waals surface area contributed by atoms with Crippen LogP contribution in [0, 0.1) is 13.8 Å². The Morgan fingerprint density at radius 1 is 1.27 bits per heavy atom. The molecule has 0 amide bonds. The lowest BCUT2D eigenvalue weighted by atomic mass is 10.1. The van der Waals surface area contributed by atoms with Gasteiger partial charge in [-0.25, -0.2) is 4.98 Å². The monoisotopic (exact) mass is 315 g/mol. The Kier molecular flexibility index (Phi) is 3.00. The molecular weight excluding hydrogens is 298 g/mol. The summed E-state index contributed by atoms with van der Waals surface area (Å²) < 4.78 is 1.71. The summed E-state index contributed by atoms with van der Waals surface area (Å²) in [7, 11) is 2.12. The third-order valence-corrected chi connectivity index (χ3v) is 5.36. The Bertz CT molecular complexity index is 798. The Balaban J connectivity index is 1.46. The molecule has 0 unspecified atom stereocenters. The minimum Gasteiger partial charge on any atom is -0.351 e. The van der Waals surface area contributed by atoms with Crippen LogP contribution in [0.1, 0.15) is 10.6 Å². The van der Waals surface area contributed by atoms with E-state index in [2.05, 4.69) is 51.0 Å². The summed E-state index contributed by atoms with van der Waals surface area (Å²) >= 11 is 1.76. The molecule has 1 saturated heterocycles. The van der Waals surface area contributed by atoms with Crippen molar-refractivity contribution in [2.75, 3.05) is 29.9 Å². The number of rotatable bonds is 3. The van der Waals surface area contributed by atoms with Crippen LogP contribution >= 0.6 is 11.3 Å². The van der Waals surface area contributed by atoms with Crippen molar-refractivity contribution in [1.29, 1.82) is 0 Å². The van der Waals surface area contributed by atoms with Gasteiger partial charge in [-0.1, -0.05) is 0 Å². The molecule has 4 rings (SSSR count). The van der Waals surface area contributed by atoms with Gasteiger partial charge in [0, 0.05) is 25.0 Å². The van der Waals surface area contributed by atoms with E-state index in [4.69, 9.17) is 0 Å². The molecule has 1 aliphatic rings. The molecule has 0 aliphatic carbocycles. The van der Waals surface area contributed by atoms with Crippen molar-refractivity contribution in [2.24, 2.45) is 0 Å². The van der Waals surface area contributed by atoms with Gasteiger partial charge in [-0.15, -0.1) is 26.6 Å². The molecule has 0 spiro atoms. The molecule has 1 fully saturated rings. The van der Waals surface area contributed by atoms with Gasteiger partial charge >= 0.3 is 0 Å². The second-order valence-electron chi connectivity index (χ2n) is 5.63. The van der Waals surface area contributed by atoms with Crippen molar-refractivity contribution in [3.8, 4) is 0 Å². The van der Waals surface area contributed by atoms with Gasteiger partial charge in [-0.05, 0) is 26.0 Å². The number of likely N-dealkylation sites (N-methyl/N-ethyl adjacent to an activating group) is 1. The largest absolute Gasteiger partial charge is 0.351 e. The van der Waals surface area contributed by atoms with Crippen molar-refractivity contribution >= 4 is 27.9 Å². The van der Waals surface area contributed by atoms with E-state index in [9.17, 15) is 0 Å². The van der Waals surface area contributed by atoms with Gasteiger partial charge in [0.2, 0.25) is 0 Å². The summed E-state index contributed by atoms with van der Waals surface area (Å²) in [5.41, 5.74) is 1.90. The summed E-state index contributed by atoms with van der Waals surface area (Å²) in [4.78, 5) is 10.5. The highest BCUT2D eigenvalue weighted by atomic mass is 32.1. The fourth-order valence-corrected chi connectivity index (χ4v) is 3.48. The van der Waals surface area contributed by atoms with Gasteiger partial charge in [-0.2, -0.15) is 4.52 Å². The lowest BCUT2D eigenvalue weighted by Crippen LogP contribution is -2.59. The van der Waals surface area contributed by atoms with Crippen LogP contribution in [0.2, 0.25) is 0 Å². The molecule has 8 heteroatoms. The molecule has 0 saturated carbocycles. The normalized spacial score (nSPS) is 15.3. The van der Waals surface area contributed by atoms with Gasteiger partial charge < -0.3 is 9.80 Å². The van der Waals surface area contributed by atoms with E-state index in [1.807, 2.05) is 12.1 Å². The van der Waals surface area contributed by atoms with Gasteiger partial charge in [0.05, 0.1) is 11.7 Å². The number of thiazole rings is 1. The molecule has 22 heavy (non-hydrogen) atoms. The van der Waals surface area contributed by atoms with Crippen LogP contribution in [-0.4, -0.2) is 51.0 Å². The Hall–Kier alpha value is -2.22. The van der Waals surface area contributed by atoms with E-state index in [0.717, 1.165) is 35.4 Å². The Morgan fingerprint density at radius 2 is 2.09 bits per heavy atom. The maximum atomic E-state index is 4.63. The first kappa shape index (κ1) is 13.4. The minimum absolute atomic E-state index is 0.475. The number of fused-ring (bicyclic) bond motifs is 1. The summed E-state index contributed by atoms with van der Waals surface area (Å²) in [5, 5.41) is 13.5. The summed E-state index contributed by atoms with van der Waals surface area (Å²) in [6.07, 6.45) is 1.63. The molecule has 0 bridgehead atoms. The molecular formula is C14H17N7S. The Morgan fingerprint density at radius 3 is 2.82 bits per heavy atom. The zero-order chi connectivity index (χ0) is 15.3. The molecule has 4 heterocycles. The lowest BCUT2D eigenvalue weighted by Gasteiger charge is -2.44. The fraction of sp³-hybridized carbons (Fsp3) is 0.429. The molecule has 0 N–H and O–H groups in total. The summed E-state index contributed by atoms with van der Waals surface area (Å²) in [6.45, 7) is 6.09. The van der Waals surface area contributed by atoms with E-state index in [1.165, 1.54) is 4.88 Å². The quantitative estimate of drug-likeness (QED) is 0.730. The van der Waals surface area contributed by atoms with Crippen LogP contribution in [0.3, 0.4) is 0 Å². The zero-order valence-corrected chi connectivity index (χ0v) is 13.6. The summed E-state index contributed by atoms with van der Waals surface area (Å²) in [5.74, 6) is 0.962. The maximum Gasteiger partial charge on any atom is 0.185 e. The van der Waals surface area contributed by atoms with E-state index in [1.54, 1.807) is 22.2 Å². The third-order valence-electron chi connectivity index (χ3n) is 4.20. The third kappa shape index (κ3) is 2.10. The average Bonchev–Trinajstić information content (AvgIpc) is 3.04. The van der Waals surface area contributed by atoms with Crippen LogP contribution in [0.4, 0.5) is 10.9 Å². The molecule has 3 aromatic heterocycles. The van der Waals surface area contributed by atoms with Crippen molar-refractivity contribution < 1.29 is 0 Å². The predicted octanol–water partition coefficient (Wildman–Crippen LogP) is 1.52.